The molecule has 2 nitrogen and oxygen atoms in total. The van der Waals surface area contributed by atoms with E-state index in [0.717, 1.165) is 12.7 Å². The van der Waals surface area contributed by atoms with Gasteiger partial charge in [-0.25, -0.2) is 0 Å². The summed E-state index contributed by atoms with van der Waals surface area (Å²) in [7, 11) is 0. The molecule has 1 aromatic carbocycles. The summed E-state index contributed by atoms with van der Waals surface area (Å²) >= 11 is 0. The van der Waals surface area contributed by atoms with Crippen molar-refractivity contribution in [1.29, 1.82) is 0 Å². The minimum absolute atomic E-state index is 0.639. The first-order chi connectivity index (χ1) is 6.43. The molecule has 0 aromatic heterocycles. The molecule has 0 aliphatic rings. The Labute approximate surface area is 78.5 Å². The zero-order valence-electron chi connectivity index (χ0n) is 7.52. The van der Waals surface area contributed by atoms with Gasteiger partial charge in [0.1, 0.15) is 0 Å². The average Bonchev–Trinajstić information content (AvgIpc) is 2.19. The van der Waals surface area contributed by atoms with Crippen molar-refractivity contribution in [3.05, 3.63) is 48.2 Å². The van der Waals surface area contributed by atoms with E-state index in [0.29, 0.717) is 13.2 Å². The molecule has 0 heterocycles. The summed E-state index contributed by atoms with van der Waals surface area (Å²) < 4.78 is 5.36. The molecule has 0 amide bonds. The molecule has 0 saturated carbocycles. The van der Waals surface area contributed by atoms with Crippen LogP contribution in [0.15, 0.2) is 42.7 Å². The van der Waals surface area contributed by atoms with Gasteiger partial charge in [0.2, 0.25) is 0 Å². The van der Waals surface area contributed by atoms with Gasteiger partial charge in [-0.15, -0.1) is 0 Å². The van der Waals surface area contributed by atoms with Crippen LogP contribution in [0.1, 0.15) is 12.0 Å². The van der Waals surface area contributed by atoms with Gasteiger partial charge < -0.3 is 9.84 Å². The maximum atomic E-state index is 8.35. The smallest absolute Gasteiger partial charge is 0.0752 e. The highest BCUT2D eigenvalue weighted by atomic mass is 16.5. The lowest BCUT2D eigenvalue weighted by Gasteiger charge is -2.01. The van der Waals surface area contributed by atoms with Crippen molar-refractivity contribution in [2.45, 2.75) is 13.0 Å². The molecule has 13 heavy (non-hydrogen) atoms. The molecule has 0 bridgehead atoms. The van der Waals surface area contributed by atoms with Gasteiger partial charge in [0.15, 0.2) is 0 Å². The molecule has 0 saturated heterocycles. The molecule has 0 atom stereocenters. The third-order valence-electron chi connectivity index (χ3n) is 1.65. The first-order valence-electron chi connectivity index (χ1n) is 4.34. The minimum Gasteiger partial charge on any atom is -0.516 e. The van der Waals surface area contributed by atoms with Crippen molar-refractivity contribution in [1.82, 2.24) is 0 Å². The molecule has 0 aliphatic heterocycles. The lowest BCUT2D eigenvalue weighted by Crippen LogP contribution is -1.93. The van der Waals surface area contributed by atoms with E-state index in [4.69, 9.17) is 9.84 Å². The summed E-state index contributed by atoms with van der Waals surface area (Å²) in [4.78, 5) is 0. The molecular formula is C11H14O2. The van der Waals surface area contributed by atoms with Crippen LogP contribution < -0.4 is 0 Å². The second-order valence-corrected chi connectivity index (χ2v) is 2.71. The third-order valence-corrected chi connectivity index (χ3v) is 1.65. The Hall–Kier alpha value is -1.28. The summed E-state index contributed by atoms with van der Waals surface area (Å²) in [6.07, 6.45) is 3.47. The lowest BCUT2D eigenvalue weighted by atomic mass is 10.2. The van der Waals surface area contributed by atoms with E-state index < -0.39 is 0 Å². The molecule has 70 valence electrons. The number of aliphatic hydroxyl groups excluding tert-OH is 1. The van der Waals surface area contributed by atoms with Crippen molar-refractivity contribution in [2.75, 3.05) is 6.61 Å². The number of aliphatic hydroxyl groups is 1. The predicted molar refractivity (Wildman–Crippen MR) is 52.5 cm³/mol. The summed E-state index contributed by atoms with van der Waals surface area (Å²) in [5.74, 6) is 0. The van der Waals surface area contributed by atoms with E-state index in [1.54, 1.807) is 6.08 Å². The van der Waals surface area contributed by atoms with Crippen LogP contribution in [0.3, 0.4) is 0 Å². The van der Waals surface area contributed by atoms with Gasteiger partial charge >= 0.3 is 0 Å². The first kappa shape index (κ1) is 9.81. The Balaban J connectivity index is 2.13. The van der Waals surface area contributed by atoms with Crippen LogP contribution in [0.4, 0.5) is 0 Å². The lowest BCUT2D eigenvalue weighted by molar-refractivity contribution is 0.125. The molecule has 1 N–H and O–H groups in total. The zero-order valence-corrected chi connectivity index (χ0v) is 7.52. The van der Waals surface area contributed by atoms with Crippen LogP contribution in [0.25, 0.3) is 0 Å². The molecule has 1 aromatic rings. The maximum absolute atomic E-state index is 8.35. The highest BCUT2D eigenvalue weighted by molar-refractivity contribution is 5.13. The summed E-state index contributed by atoms with van der Waals surface area (Å²) in [6.45, 7) is 1.28. The van der Waals surface area contributed by atoms with Crippen LogP contribution >= 0.6 is 0 Å². The van der Waals surface area contributed by atoms with Crippen molar-refractivity contribution in [3.8, 4) is 0 Å². The van der Waals surface area contributed by atoms with E-state index in [1.165, 1.54) is 5.56 Å². The van der Waals surface area contributed by atoms with Crippen LogP contribution in [0.2, 0.25) is 0 Å². The monoisotopic (exact) mass is 178 g/mol. The normalized spacial score (nSPS) is 10.8. The molecule has 2 heteroatoms. The second-order valence-electron chi connectivity index (χ2n) is 2.71. The Morgan fingerprint density at radius 3 is 2.69 bits per heavy atom. The van der Waals surface area contributed by atoms with Gasteiger partial charge in [0, 0.05) is 0 Å². The van der Waals surface area contributed by atoms with Gasteiger partial charge in [-0.1, -0.05) is 30.3 Å². The zero-order chi connectivity index (χ0) is 9.36. The number of benzene rings is 1. The molecule has 0 fully saturated rings. The molecule has 0 radical (unpaired) electrons. The van der Waals surface area contributed by atoms with Crippen molar-refractivity contribution >= 4 is 0 Å². The summed E-state index contributed by atoms with van der Waals surface area (Å²) in [5, 5.41) is 8.35. The minimum atomic E-state index is 0.639. The highest BCUT2D eigenvalue weighted by Crippen LogP contribution is 2.00. The predicted octanol–water partition coefficient (Wildman–Crippen LogP) is 2.67. The van der Waals surface area contributed by atoms with Crippen LogP contribution in [-0.4, -0.2) is 11.7 Å². The Bertz CT molecular complexity index is 242. The van der Waals surface area contributed by atoms with Crippen LogP contribution in [-0.2, 0) is 11.3 Å². The highest BCUT2D eigenvalue weighted by Gasteiger charge is 1.89. The summed E-state index contributed by atoms with van der Waals surface area (Å²) in [5.41, 5.74) is 1.18. The molecule has 0 unspecified atom stereocenters. The second kappa shape index (κ2) is 6.26. The first-order valence-corrected chi connectivity index (χ1v) is 4.34. The topological polar surface area (TPSA) is 29.5 Å². The van der Waals surface area contributed by atoms with Gasteiger partial charge in [-0.2, -0.15) is 0 Å². The molecule has 0 aliphatic carbocycles. The fourth-order valence-corrected chi connectivity index (χ4v) is 0.990. The Morgan fingerprint density at radius 2 is 2.00 bits per heavy atom. The van der Waals surface area contributed by atoms with E-state index >= 15 is 0 Å². The van der Waals surface area contributed by atoms with Gasteiger partial charge in [0.05, 0.1) is 19.5 Å². The number of rotatable bonds is 5. The van der Waals surface area contributed by atoms with Gasteiger partial charge in [0.25, 0.3) is 0 Å². The molecule has 0 spiro atoms. The largest absolute Gasteiger partial charge is 0.516 e. The van der Waals surface area contributed by atoms with E-state index in [9.17, 15) is 0 Å². The molecular weight excluding hydrogens is 164 g/mol. The number of ether oxygens (including phenoxy) is 1. The van der Waals surface area contributed by atoms with Crippen molar-refractivity contribution < 1.29 is 9.84 Å². The van der Waals surface area contributed by atoms with E-state index in [1.807, 2.05) is 30.3 Å². The summed E-state index contributed by atoms with van der Waals surface area (Å²) in [6, 6.07) is 10.0. The van der Waals surface area contributed by atoms with Crippen LogP contribution in [0.5, 0.6) is 0 Å². The SMILES string of the molecule is OC=CCCOCc1ccccc1. The van der Waals surface area contributed by atoms with Crippen molar-refractivity contribution in [3.63, 3.8) is 0 Å². The fourth-order valence-electron chi connectivity index (χ4n) is 0.990. The van der Waals surface area contributed by atoms with Gasteiger partial charge in [-0.05, 0) is 18.1 Å². The number of hydrogen-bond donors (Lipinski definition) is 1. The van der Waals surface area contributed by atoms with Crippen LogP contribution in [0, 0.1) is 0 Å². The van der Waals surface area contributed by atoms with E-state index in [2.05, 4.69) is 0 Å². The van der Waals surface area contributed by atoms with Crippen molar-refractivity contribution in [2.24, 2.45) is 0 Å². The Kier molecular flexibility index (Phi) is 4.72. The number of hydrogen-bond acceptors (Lipinski definition) is 2. The quantitative estimate of drug-likeness (QED) is 0.555. The van der Waals surface area contributed by atoms with E-state index in [-0.39, 0.29) is 0 Å². The molecule has 1 rings (SSSR count). The Morgan fingerprint density at radius 1 is 1.23 bits per heavy atom. The standard InChI is InChI=1S/C11H14O2/c12-8-4-5-9-13-10-11-6-2-1-3-7-11/h1-4,6-8,12H,5,9-10H2. The average molecular weight is 178 g/mol. The van der Waals surface area contributed by atoms with Gasteiger partial charge in [-0.3, -0.25) is 0 Å². The maximum Gasteiger partial charge on any atom is 0.0752 e. The fraction of sp³-hybridized carbons (Fsp3) is 0.273. The third kappa shape index (κ3) is 4.33.